The first kappa shape index (κ1) is 23.0. The Morgan fingerprint density at radius 3 is 2.24 bits per heavy atom. The Hall–Kier alpha value is -2.28. The van der Waals surface area contributed by atoms with E-state index in [1.807, 2.05) is 41.5 Å². The highest BCUT2D eigenvalue weighted by atomic mass is 16.6. The summed E-state index contributed by atoms with van der Waals surface area (Å²) in [5.74, 6) is 0.377. The Bertz CT molecular complexity index is 703. The second-order valence-corrected chi connectivity index (χ2v) is 9.45. The topological polar surface area (TPSA) is 88.1 Å². The molecular formula is C22H34N2O5. The molecule has 1 aromatic carbocycles. The van der Waals surface area contributed by atoms with Gasteiger partial charge in [-0.1, -0.05) is 0 Å². The number of nitrogens with zero attached hydrogens (tertiary/aromatic N) is 1. The maximum absolute atomic E-state index is 12.7. The van der Waals surface area contributed by atoms with Crippen molar-refractivity contribution >= 4 is 12.0 Å². The van der Waals surface area contributed by atoms with Crippen LogP contribution >= 0.6 is 0 Å². The molecule has 1 heterocycles. The molecule has 0 aromatic heterocycles. The zero-order valence-corrected chi connectivity index (χ0v) is 18.3. The lowest BCUT2D eigenvalue weighted by Crippen LogP contribution is -2.50. The Morgan fingerprint density at radius 1 is 1.07 bits per heavy atom. The molecule has 0 spiro atoms. The summed E-state index contributed by atoms with van der Waals surface area (Å²) >= 11 is 0. The van der Waals surface area contributed by atoms with Crippen LogP contribution in [0.15, 0.2) is 24.3 Å². The minimum Gasteiger partial charge on any atom is -0.488 e. The smallest absolute Gasteiger partial charge is 0.410 e. The Kier molecular flexibility index (Phi) is 7.16. The first-order valence-electron chi connectivity index (χ1n) is 10.1. The summed E-state index contributed by atoms with van der Waals surface area (Å²) in [6, 6.07) is 6.30. The van der Waals surface area contributed by atoms with Crippen LogP contribution in [-0.2, 0) is 4.74 Å². The highest BCUT2D eigenvalue weighted by Crippen LogP contribution is 2.20. The van der Waals surface area contributed by atoms with Crippen LogP contribution in [0.4, 0.5) is 4.79 Å². The molecule has 1 aliphatic rings. The first-order chi connectivity index (χ1) is 13.3. The van der Waals surface area contributed by atoms with Crippen molar-refractivity contribution in [3.63, 3.8) is 0 Å². The van der Waals surface area contributed by atoms with Crippen LogP contribution in [-0.4, -0.2) is 58.4 Å². The maximum Gasteiger partial charge on any atom is 0.410 e. The van der Waals surface area contributed by atoms with Gasteiger partial charge >= 0.3 is 6.09 Å². The van der Waals surface area contributed by atoms with E-state index in [2.05, 4.69) is 5.32 Å². The van der Waals surface area contributed by atoms with Crippen molar-refractivity contribution in [1.82, 2.24) is 10.2 Å². The molecule has 2 rings (SSSR count). The molecule has 2 amide bonds. The summed E-state index contributed by atoms with van der Waals surface area (Å²) in [7, 11) is 0. The molecule has 1 aliphatic heterocycles. The third kappa shape index (κ3) is 7.57. The van der Waals surface area contributed by atoms with Gasteiger partial charge in [0.15, 0.2) is 0 Å². The summed E-state index contributed by atoms with van der Waals surface area (Å²) < 4.78 is 11.2. The molecule has 1 aromatic rings. The fourth-order valence-corrected chi connectivity index (χ4v) is 3.06. The lowest BCUT2D eigenvalue weighted by Gasteiger charge is -2.29. The lowest BCUT2D eigenvalue weighted by molar-refractivity contribution is 0.0223. The average molecular weight is 407 g/mol. The van der Waals surface area contributed by atoms with Crippen molar-refractivity contribution in [2.75, 3.05) is 13.1 Å². The van der Waals surface area contributed by atoms with Gasteiger partial charge in [0.2, 0.25) is 0 Å². The fraction of sp³-hybridized carbons (Fsp3) is 0.636. The molecule has 0 saturated carbocycles. The summed E-state index contributed by atoms with van der Waals surface area (Å²) in [6.07, 6.45) is -0.0155. The van der Waals surface area contributed by atoms with Crippen LogP contribution in [0.25, 0.3) is 0 Å². The van der Waals surface area contributed by atoms with Crippen molar-refractivity contribution in [2.45, 2.75) is 77.7 Å². The molecule has 2 atom stereocenters. The Morgan fingerprint density at radius 2 is 1.69 bits per heavy atom. The van der Waals surface area contributed by atoms with Gasteiger partial charge in [-0.25, -0.2) is 4.79 Å². The minimum atomic E-state index is -0.727. The number of benzene rings is 1. The number of amides is 2. The van der Waals surface area contributed by atoms with Gasteiger partial charge in [-0.2, -0.15) is 0 Å². The number of hydrogen-bond donors (Lipinski definition) is 2. The van der Waals surface area contributed by atoms with Gasteiger partial charge < -0.3 is 24.8 Å². The Labute approximate surface area is 173 Å². The normalized spacial score (nSPS) is 20.6. The number of carbonyl (C=O) groups excluding carboxylic acids is 2. The number of ether oxygens (including phenoxy) is 2. The van der Waals surface area contributed by atoms with E-state index in [0.29, 0.717) is 30.7 Å². The summed E-state index contributed by atoms with van der Waals surface area (Å²) in [5.41, 5.74) is -0.455. The molecule has 0 radical (unpaired) electrons. The van der Waals surface area contributed by atoms with Gasteiger partial charge in [-0.3, -0.25) is 4.79 Å². The van der Waals surface area contributed by atoms with Gasteiger partial charge in [-0.05, 0) is 78.6 Å². The molecular weight excluding hydrogens is 372 g/mol. The molecule has 0 unspecified atom stereocenters. The Balaban J connectivity index is 2.04. The largest absolute Gasteiger partial charge is 0.488 e. The number of nitrogens with one attached hydrogen (secondary N) is 1. The number of aliphatic hydroxyl groups excluding tert-OH is 1. The molecule has 0 aliphatic carbocycles. The first-order valence-corrected chi connectivity index (χ1v) is 10.1. The molecule has 0 bridgehead atoms. The third-order valence-electron chi connectivity index (χ3n) is 4.32. The predicted molar refractivity (Wildman–Crippen MR) is 111 cm³/mol. The zero-order chi connectivity index (χ0) is 21.8. The van der Waals surface area contributed by atoms with E-state index in [4.69, 9.17) is 9.47 Å². The van der Waals surface area contributed by atoms with E-state index in [9.17, 15) is 14.7 Å². The number of carbonyl (C=O) groups is 2. The SMILES string of the molecule is CC(C)(C)OC(=O)N1CCC[C@@H](O)[C@H](NC(=O)c2ccc(OC(C)(C)C)cc2)C1. The van der Waals surface area contributed by atoms with Crippen molar-refractivity contribution < 1.29 is 24.2 Å². The second-order valence-electron chi connectivity index (χ2n) is 9.45. The molecule has 2 N–H and O–H groups in total. The van der Waals surface area contributed by atoms with E-state index in [-0.39, 0.29) is 18.1 Å². The van der Waals surface area contributed by atoms with E-state index in [0.717, 1.165) is 0 Å². The molecule has 1 fully saturated rings. The van der Waals surface area contributed by atoms with Crippen LogP contribution in [0.3, 0.4) is 0 Å². The summed E-state index contributed by atoms with van der Waals surface area (Å²) in [4.78, 5) is 26.6. The predicted octanol–water partition coefficient (Wildman–Crippen LogP) is 3.35. The minimum absolute atomic E-state index is 0.201. The van der Waals surface area contributed by atoms with Crippen LogP contribution in [0.1, 0.15) is 64.7 Å². The van der Waals surface area contributed by atoms with Gasteiger partial charge in [0.05, 0.1) is 12.1 Å². The molecule has 1 saturated heterocycles. The molecule has 162 valence electrons. The van der Waals surface area contributed by atoms with Crippen LogP contribution in [0, 0.1) is 0 Å². The monoisotopic (exact) mass is 406 g/mol. The summed E-state index contributed by atoms with van der Waals surface area (Å²) in [5, 5.41) is 13.3. The van der Waals surface area contributed by atoms with Crippen molar-refractivity contribution in [1.29, 1.82) is 0 Å². The van der Waals surface area contributed by atoms with Gasteiger partial charge in [-0.15, -0.1) is 0 Å². The van der Waals surface area contributed by atoms with Gasteiger partial charge in [0, 0.05) is 18.7 Å². The van der Waals surface area contributed by atoms with Crippen LogP contribution < -0.4 is 10.1 Å². The maximum atomic E-state index is 12.7. The average Bonchev–Trinajstić information content (AvgIpc) is 2.74. The van der Waals surface area contributed by atoms with Crippen molar-refractivity contribution in [3.05, 3.63) is 29.8 Å². The van der Waals surface area contributed by atoms with Gasteiger partial charge in [0.25, 0.3) is 5.91 Å². The van der Waals surface area contributed by atoms with Crippen molar-refractivity contribution in [2.24, 2.45) is 0 Å². The number of likely N-dealkylation sites (tertiary alicyclic amines) is 1. The van der Waals surface area contributed by atoms with E-state index >= 15 is 0 Å². The molecule has 7 heteroatoms. The summed E-state index contributed by atoms with van der Waals surface area (Å²) in [6.45, 7) is 12.0. The molecule has 29 heavy (non-hydrogen) atoms. The lowest BCUT2D eigenvalue weighted by atomic mass is 10.1. The second kappa shape index (κ2) is 9.03. The highest BCUT2D eigenvalue weighted by molar-refractivity contribution is 5.94. The zero-order valence-electron chi connectivity index (χ0n) is 18.3. The van der Waals surface area contributed by atoms with Crippen LogP contribution in [0.2, 0.25) is 0 Å². The number of aliphatic hydroxyl groups is 1. The quantitative estimate of drug-likeness (QED) is 0.804. The highest BCUT2D eigenvalue weighted by Gasteiger charge is 2.31. The number of hydrogen-bond acceptors (Lipinski definition) is 5. The van der Waals surface area contributed by atoms with Gasteiger partial charge in [0.1, 0.15) is 17.0 Å². The fourth-order valence-electron chi connectivity index (χ4n) is 3.06. The van der Waals surface area contributed by atoms with Crippen molar-refractivity contribution in [3.8, 4) is 5.75 Å². The number of rotatable bonds is 3. The van der Waals surface area contributed by atoms with Crippen LogP contribution in [0.5, 0.6) is 5.75 Å². The van der Waals surface area contributed by atoms with E-state index in [1.165, 1.54) is 0 Å². The third-order valence-corrected chi connectivity index (χ3v) is 4.32. The molecule has 7 nitrogen and oxygen atoms in total. The standard InChI is InChI=1S/C22H34N2O5/c1-21(2,3)28-16-11-9-15(10-12-16)19(26)23-17-14-24(13-7-8-18(17)25)20(27)29-22(4,5)6/h9-12,17-18,25H,7-8,13-14H2,1-6H3,(H,23,26)/t17-,18-/m1/s1. The van der Waals surface area contributed by atoms with E-state index in [1.54, 1.807) is 29.2 Å². The van der Waals surface area contributed by atoms with E-state index < -0.39 is 23.8 Å².